The number of aryl methyl sites for hydroxylation is 1. The van der Waals surface area contributed by atoms with Crippen LogP contribution in [0.3, 0.4) is 0 Å². The van der Waals surface area contributed by atoms with Crippen molar-refractivity contribution in [3.05, 3.63) is 64.7 Å². The van der Waals surface area contributed by atoms with Crippen molar-refractivity contribution in [1.29, 1.82) is 5.41 Å². The van der Waals surface area contributed by atoms with Crippen molar-refractivity contribution < 1.29 is 23.8 Å². The first-order chi connectivity index (χ1) is 18.4. The van der Waals surface area contributed by atoms with Gasteiger partial charge in [0.15, 0.2) is 17.3 Å². The second kappa shape index (κ2) is 11.2. The molecule has 3 heterocycles. The van der Waals surface area contributed by atoms with E-state index in [1.54, 1.807) is 36.3 Å². The van der Waals surface area contributed by atoms with Gasteiger partial charge in [-0.2, -0.15) is 15.1 Å². The highest BCUT2D eigenvalue weighted by atomic mass is 32.2. The number of aliphatic imine (C=N–C) groups is 1. The number of carbonyl (C=O) groups is 2. The predicted molar refractivity (Wildman–Crippen MR) is 146 cm³/mol. The Bertz CT molecular complexity index is 1380. The van der Waals surface area contributed by atoms with Gasteiger partial charge in [0.25, 0.3) is 5.91 Å². The summed E-state index contributed by atoms with van der Waals surface area (Å²) in [6.45, 7) is 4.54. The van der Waals surface area contributed by atoms with E-state index < -0.39 is 5.91 Å². The van der Waals surface area contributed by atoms with Gasteiger partial charge in [-0.05, 0) is 48.0 Å². The van der Waals surface area contributed by atoms with Gasteiger partial charge in [0.05, 0.1) is 32.3 Å². The largest absolute Gasteiger partial charge is 0.493 e. The molecule has 10 nitrogen and oxygen atoms in total. The average Bonchev–Trinajstić information content (AvgIpc) is 3.32. The van der Waals surface area contributed by atoms with Crippen LogP contribution >= 0.6 is 11.8 Å². The fraction of sp³-hybridized carbons (Fsp3) is 0.296. The van der Waals surface area contributed by atoms with Gasteiger partial charge in [0, 0.05) is 13.1 Å². The molecule has 2 aromatic carbocycles. The molecule has 3 aliphatic rings. The molecule has 1 N–H and O–H groups in total. The van der Waals surface area contributed by atoms with E-state index in [1.165, 1.54) is 5.01 Å². The number of hydrogen-bond acceptors (Lipinski definition) is 8. The first-order valence-electron chi connectivity index (χ1n) is 12.1. The molecule has 5 rings (SSSR count). The highest BCUT2D eigenvalue weighted by Gasteiger charge is 2.36. The quantitative estimate of drug-likeness (QED) is 0.542. The summed E-state index contributed by atoms with van der Waals surface area (Å²) in [5.41, 5.74) is 2.94. The Kier molecular flexibility index (Phi) is 7.57. The van der Waals surface area contributed by atoms with Crippen molar-refractivity contribution in [2.45, 2.75) is 20.0 Å². The molecule has 0 spiro atoms. The molecule has 196 valence electrons. The Hall–Kier alpha value is -3.96. The fourth-order valence-corrected chi connectivity index (χ4v) is 5.06. The predicted octanol–water partition coefficient (Wildman–Crippen LogP) is 3.45. The van der Waals surface area contributed by atoms with Crippen molar-refractivity contribution >= 4 is 45.7 Å². The van der Waals surface area contributed by atoms with E-state index in [0.29, 0.717) is 55.0 Å². The number of thioether (sulfide) groups is 1. The lowest BCUT2D eigenvalue weighted by atomic mass is 10.1. The molecule has 0 aliphatic carbocycles. The number of rotatable bonds is 7. The third-order valence-corrected chi connectivity index (χ3v) is 7.05. The number of carbonyl (C=O) groups excluding carboxylic acids is 2. The fourth-order valence-electron chi connectivity index (χ4n) is 4.18. The molecule has 0 atom stereocenters. The second-order valence-electron chi connectivity index (χ2n) is 8.87. The number of benzene rings is 2. The Morgan fingerprint density at radius 3 is 2.76 bits per heavy atom. The average molecular weight is 534 g/mol. The van der Waals surface area contributed by atoms with Crippen LogP contribution in [-0.4, -0.2) is 71.2 Å². The Labute approximate surface area is 224 Å². The summed E-state index contributed by atoms with van der Waals surface area (Å²) in [7, 11) is 1.55. The number of ether oxygens (including phenoxy) is 3. The van der Waals surface area contributed by atoms with Gasteiger partial charge in [0.1, 0.15) is 11.7 Å². The first kappa shape index (κ1) is 25.7. The summed E-state index contributed by atoms with van der Waals surface area (Å²) in [6, 6.07) is 13.4. The number of hydrazone groups is 1. The maximum atomic E-state index is 12.8. The third-order valence-electron chi connectivity index (χ3n) is 6.14. The van der Waals surface area contributed by atoms with Gasteiger partial charge in [-0.25, -0.2) is 0 Å². The molecule has 1 saturated heterocycles. The van der Waals surface area contributed by atoms with Gasteiger partial charge in [0.2, 0.25) is 11.1 Å². The highest BCUT2D eigenvalue weighted by Crippen LogP contribution is 2.32. The minimum atomic E-state index is -0.538. The van der Waals surface area contributed by atoms with Crippen LogP contribution in [0.15, 0.2) is 58.1 Å². The zero-order valence-electron chi connectivity index (χ0n) is 21.1. The van der Waals surface area contributed by atoms with Gasteiger partial charge in [-0.15, -0.1) is 0 Å². The van der Waals surface area contributed by atoms with Crippen LogP contribution in [0.1, 0.15) is 23.1 Å². The zero-order valence-corrected chi connectivity index (χ0v) is 21.9. The SMILES string of the molecule is COc1cc(/C=C2/C(=N)N3N=C(CC(=O)N4CCOCC4)SC3=NC2=O)ccc1OCc1cccc(C)c1. The Balaban J connectivity index is 1.30. The van der Waals surface area contributed by atoms with E-state index in [2.05, 4.69) is 16.2 Å². The molecule has 0 aromatic heterocycles. The summed E-state index contributed by atoms with van der Waals surface area (Å²) in [5.74, 6) is 0.371. The number of nitrogens with one attached hydrogen (secondary N) is 1. The van der Waals surface area contributed by atoms with Crippen LogP contribution in [-0.2, 0) is 20.9 Å². The second-order valence-corrected chi connectivity index (χ2v) is 9.91. The molecule has 2 amide bonds. The summed E-state index contributed by atoms with van der Waals surface area (Å²) < 4.78 is 16.8. The topological polar surface area (TPSA) is 117 Å². The normalized spacial score (nSPS) is 18.3. The molecule has 3 aliphatic heterocycles. The van der Waals surface area contributed by atoms with E-state index in [-0.39, 0.29) is 28.9 Å². The molecule has 0 radical (unpaired) electrons. The summed E-state index contributed by atoms with van der Waals surface area (Å²) >= 11 is 1.14. The van der Waals surface area contributed by atoms with Crippen molar-refractivity contribution in [3.8, 4) is 11.5 Å². The van der Waals surface area contributed by atoms with Gasteiger partial charge < -0.3 is 19.1 Å². The standard InChI is InChI=1S/C27H27N5O5S/c1-17-4-3-5-19(12-17)16-37-21-7-6-18(14-22(21)35-2)13-20-25(28)32-27(29-26(20)34)38-23(30-32)15-24(33)31-8-10-36-11-9-31/h3-7,12-14,28H,8-11,15-16H2,1-2H3/b20-13-,28-25?. The molecular formula is C27H27N5O5S. The summed E-state index contributed by atoms with van der Waals surface area (Å²) in [6.07, 6.45) is 1.66. The number of fused-ring (bicyclic) bond motifs is 1. The Morgan fingerprint density at radius 2 is 2.00 bits per heavy atom. The lowest BCUT2D eigenvalue weighted by molar-refractivity contribution is -0.133. The monoisotopic (exact) mass is 533 g/mol. The molecule has 1 fully saturated rings. The van der Waals surface area contributed by atoms with E-state index in [1.807, 2.05) is 25.1 Å². The maximum absolute atomic E-state index is 12.8. The third kappa shape index (κ3) is 5.63. The molecular weight excluding hydrogens is 506 g/mol. The number of amides is 2. The van der Waals surface area contributed by atoms with Gasteiger partial charge in [-0.3, -0.25) is 15.0 Å². The van der Waals surface area contributed by atoms with Gasteiger partial charge in [-0.1, -0.05) is 35.9 Å². The minimum Gasteiger partial charge on any atom is -0.493 e. The van der Waals surface area contributed by atoms with Crippen LogP contribution < -0.4 is 9.47 Å². The van der Waals surface area contributed by atoms with Crippen molar-refractivity contribution in [2.75, 3.05) is 33.4 Å². The number of hydrogen-bond donors (Lipinski definition) is 1. The van der Waals surface area contributed by atoms with Crippen LogP contribution in [0.2, 0.25) is 0 Å². The molecule has 2 aromatic rings. The van der Waals surface area contributed by atoms with Crippen molar-refractivity contribution in [1.82, 2.24) is 9.91 Å². The van der Waals surface area contributed by atoms with E-state index in [4.69, 9.17) is 19.6 Å². The number of amidine groups is 2. The smallest absolute Gasteiger partial charge is 0.283 e. The zero-order chi connectivity index (χ0) is 26.6. The summed E-state index contributed by atoms with van der Waals surface area (Å²) in [4.78, 5) is 31.3. The number of morpholine rings is 1. The Morgan fingerprint density at radius 1 is 1.18 bits per heavy atom. The van der Waals surface area contributed by atoms with Crippen molar-refractivity contribution in [3.63, 3.8) is 0 Å². The minimum absolute atomic E-state index is 0.0644. The van der Waals surface area contributed by atoms with Crippen LogP contribution in [0.25, 0.3) is 6.08 Å². The van der Waals surface area contributed by atoms with Crippen LogP contribution in [0.4, 0.5) is 0 Å². The first-order valence-corrected chi connectivity index (χ1v) is 12.9. The molecule has 0 saturated carbocycles. The summed E-state index contributed by atoms with van der Waals surface area (Å²) in [5, 5.41) is 15.1. The molecule has 11 heteroatoms. The molecule has 0 bridgehead atoms. The van der Waals surface area contributed by atoms with Crippen LogP contribution in [0.5, 0.6) is 11.5 Å². The lowest BCUT2D eigenvalue weighted by Gasteiger charge is -2.26. The van der Waals surface area contributed by atoms with E-state index >= 15 is 0 Å². The molecule has 38 heavy (non-hydrogen) atoms. The number of nitrogens with zero attached hydrogens (tertiary/aromatic N) is 4. The number of methoxy groups -OCH3 is 1. The molecule has 0 unspecified atom stereocenters. The van der Waals surface area contributed by atoms with Gasteiger partial charge >= 0.3 is 0 Å². The maximum Gasteiger partial charge on any atom is 0.283 e. The van der Waals surface area contributed by atoms with E-state index in [0.717, 1.165) is 22.9 Å². The van der Waals surface area contributed by atoms with Crippen LogP contribution in [0, 0.1) is 12.3 Å². The van der Waals surface area contributed by atoms with E-state index in [9.17, 15) is 9.59 Å². The van der Waals surface area contributed by atoms with Crippen molar-refractivity contribution in [2.24, 2.45) is 10.1 Å². The highest BCUT2D eigenvalue weighted by molar-refractivity contribution is 8.27. The lowest BCUT2D eigenvalue weighted by Crippen LogP contribution is -2.41.